The van der Waals surface area contributed by atoms with E-state index >= 15 is 0 Å². The van der Waals surface area contributed by atoms with Gasteiger partial charge in [-0.2, -0.15) is 0 Å². The Morgan fingerprint density at radius 2 is 1.89 bits per heavy atom. The molecule has 0 amide bonds. The van der Waals surface area contributed by atoms with Gasteiger partial charge in [0, 0.05) is 13.0 Å². The van der Waals surface area contributed by atoms with Crippen LogP contribution in [0.5, 0.6) is 0 Å². The molecule has 0 heterocycles. The van der Waals surface area contributed by atoms with Crippen LogP contribution in [0, 0.1) is 28.6 Å². The standard InChI is InChI=1S/C25H40O2Si/c1-23(2,3)28(5,6)27-17-25-13-7-8-22(25)20-10-9-18-16-19(26)11-14-24(18,4)21(20)12-15-25/h9-10,16,20-22H,7-8,11-15,17H2,1-6H3/t20-,21+,22+,24+,25+/m1/s1. The summed E-state index contributed by atoms with van der Waals surface area (Å²) in [5.41, 5.74) is 1.92. The predicted octanol–water partition coefficient (Wildman–Crippen LogP) is 6.69. The van der Waals surface area contributed by atoms with E-state index in [0.29, 0.717) is 23.0 Å². The van der Waals surface area contributed by atoms with Gasteiger partial charge in [0.05, 0.1) is 0 Å². The lowest BCUT2D eigenvalue weighted by molar-refractivity contribution is -0.116. The van der Waals surface area contributed by atoms with Crippen LogP contribution in [0.2, 0.25) is 18.1 Å². The normalized spacial score (nSPS) is 40.6. The van der Waals surface area contributed by atoms with Gasteiger partial charge in [-0.05, 0) is 90.5 Å². The van der Waals surface area contributed by atoms with E-state index < -0.39 is 8.32 Å². The van der Waals surface area contributed by atoms with Crippen LogP contribution in [0.25, 0.3) is 0 Å². The van der Waals surface area contributed by atoms with Gasteiger partial charge in [-0.1, -0.05) is 46.3 Å². The molecule has 156 valence electrons. The molecule has 0 radical (unpaired) electrons. The third kappa shape index (κ3) is 3.12. The number of allylic oxidation sites excluding steroid dienone is 4. The number of hydrogen-bond donors (Lipinski definition) is 0. The van der Waals surface area contributed by atoms with Crippen LogP contribution < -0.4 is 0 Å². The van der Waals surface area contributed by atoms with Crippen LogP contribution in [0.3, 0.4) is 0 Å². The molecular formula is C25H40O2Si. The summed E-state index contributed by atoms with van der Waals surface area (Å²) >= 11 is 0. The highest BCUT2D eigenvalue weighted by molar-refractivity contribution is 6.74. The molecule has 0 N–H and O–H groups in total. The second-order valence-corrected chi connectivity index (χ2v) is 16.8. The Bertz CT molecular complexity index is 713. The van der Waals surface area contributed by atoms with Crippen molar-refractivity contribution in [2.45, 2.75) is 90.8 Å². The maximum Gasteiger partial charge on any atom is 0.192 e. The van der Waals surface area contributed by atoms with Crippen molar-refractivity contribution in [2.75, 3.05) is 6.61 Å². The monoisotopic (exact) mass is 400 g/mol. The minimum absolute atomic E-state index is 0.211. The van der Waals surface area contributed by atoms with Crippen LogP contribution in [0.1, 0.15) is 72.6 Å². The first-order valence-electron chi connectivity index (χ1n) is 11.6. The van der Waals surface area contributed by atoms with Crippen molar-refractivity contribution < 1.29 is 9.22 Å². The quantitative estimate of drug-likeness (QED) is 0.493. The van der Waals surface area contributed by atoms with Crippen LogP contribution in [0.15, 0.2) is 23.8 Å². The topological polar surface area (TPSA) is 26.3 Å². The van der Waals surface area contributed by atoms with Crippen molar-refractivity contribution in [3.8, 4) is 0 Å². The van der Waals surface area contributed by atoms with E-state index in [1.807, 2.05) is 6.08 Å². The van der Waals surface area contributed by atoms with Crippen molar-refractivity contribution in [1.29, 1.82) is 0 Å². The van der Waals surface area contributed by atoms with Crippen LogP contribution in [-0.2, 0) is 9.22 Å². The first-order chi connectivity index (χ1) is 13.0. The van der Waals surface area contributed by atoms with Crippen LogP contribution in [0.4, 0.5) is 0 Å². The van der Waals surface area contributed by atoms with Gasteiger partial charge in [-0.3, -0.25) is 4.79 Å². The molecule has 3 heteroatoms. The number of carbonyl (C=O) groups is 1. The third-order valence-corrected chi connectivity index (χ3v) is 14.0. The molecular weight excluding hydrogens is 360 g/mol. The molecule has 2 nitrogen and oxygen atoms in total. The van der Waals surface area contributed by atoms with Crippen LogP contribution >= 0.6 is 0 Å². The highest BCUT2D eigenvalue weighted by atomic mass is 28.4. The summed E-state index contributed by atoms with van der Waals surface area (Å²) in [4.78, 5) is 12.0. The molecule has 0 aromatic rings. The maximum absolute atomic E-state index is 12.0. The van der Waals surface area contributed by atoms with Gasteiger partial charge >= 0.3 is 0 Å². The number of rotatable bonds is 3. The van der Waals surface area contributed by atoms with Gasteiger partial charge in [0.1, 0.15) is 0 Å². The van der Waals surface area contributed by atoms with E-state index in [2.05, 4.69) is 52.9 Å². The van der Waals surface area contributed by atoms with Gasteiger partial charge in [-0.25, -0.2) is 0 Å². The second-order valence-electron chi connectivity index (χ2n) is 12.0. The summed E-state index contributed by atoms with van der Waals surface area (Å²) < 4.78 is 6.82. The van der Waals surface area contributed by atoms with E-state index in [4.69, 9.17) is 4.43 Å². The van der Waals surface area contributed by atoms with Crippen molar-refractivity contribution >= 4 is 14.1 Å². The van der Waals surface area contributed by atoms with E-state index in [1.165, 1.54) is 37.7 Å². The van der Waals surface area contributed by atoms with Gasteiger partial charge in [0.25, 0.3) is 0 Å². The zero-order valence-electron chi connectivity index (χ0n) is 18.9. The maximum atomic E-state index is 12.0. The SMILES string of the molecule is CC(C)(C)[Si](C)(C)OC[C@@]12CCC[C@H]1[C@@H]1C=CC3=CC(=O)CC[C@]3(C)[C@H]1CC2. The molecule has 0 unspecified atom stereocenters. The Hall–Kier alpha value is -0.673. The van der Waals surface area contributed by atoms with Crippen molar-refractivity contribution in [1.82, 2.24) is 0 Å². The molecule has 4 aliphatic carbocycles. The molecule has 2 fully saturated rings. The summed E-state index contributed by atoms with van der Waals surface area (Å²) in [5, 5.41) is 0.279. The number of fused-ring (bicyclic) bond motifs is 5. The van der Waals surface area contributed by atoms with Gasteiger partial charge in [0.15, 0.2) is 14.1 Å². The average Bonchev–Trinajstić information content (AvgIpc) is 3.04. The summed E-state index contributed by atoms with van der Waals surface area (Å²) in [7, 11) is -1.71. The van der Waals surface area contributed by atoms with E-state index in [-0.39, 0.29) is 10.5 Å². The number of carbonyl (C=O) groups excluding carboxylic acids is 1. The molecule has 0 saturated heterocycles. The molecule has 4 rings (SSSR count). The zero-order valence-corrected chi connectivity index (χ0v) is 19.9. The van der Waals surface area contributed by atoms with E-state index in [1.54, 1.807) is 0 Å². The summed E-state index contributed by atoms with van der Waals surface area (Å²) in [6, 6.07) is 0. The molecule has 0 bridgehead atoms. The molecule has 2 saturated carbocycles. The summed E-state index contributed by atoms with van der Waals surface area (Å²) in [5.74, 6) is 2.48. The fourth-order valence-corrected chi connectivity index (χ4v) is 7.67. The van der Waals surface area contributed by atoms with Crippen molar-refractivity contribution in [2.24, 2.45) is 28.6 Å². The van der Waals surface area contributed by atoms with Crippen LogP contribution in [-0.4, -0.2) is 20.7 Å². The van der Waals surface area contributed by atoms with E-state index in [9.17, 15) is 4.79 Å². The Morgan fingerprint density at radius 3 is 2.61 bits per heavy atom. The fourth-order valence-electron chi connectivity index (χ4n) is 6.59. The highest BCUT2D eigenvalue weighted by Gasteiger charge is 2.57. The lowest BCUT2D eigenvalue weighted by atomic mass is 9.49. The number of hydrogen-bond acceptors (Lipinski definition) is 2. The van der Waals surface area contributed by atoms with Crippen molar-refractivity contribution in [3.63, 3.8) is 0 Å². The molecule has 5 atom stereocenters. The molecule has 0 aliphatic heterocycles. The van der Waals surface area contributed by atoms with E-state index in [0.717, 1.165) is 25.4 Å². The zero-order chi connectivity index (χ0) is 20.4. The Labute approximate surface area is 173 Å². The Morgan fingerprint density at radius 1 is 1.14 bits per heavy atom. The van der Waals surface area contributed by atoms with Gasteiger partial charge in [-0.15, -0.1) is 0 Å². The summed E-state index contributed by atoms with van der Waals surface area (Å²) in [6.45, 7) is 15.3. The smallest absolute Gasteiger partial charge is 0.192 e. The predicted molar refractivity (Wildman–Crippen MR) is 119 cm³/mol. The molecule has 0 aromatic carbocycles. The molecule has 0 spiro atoms. The minimum Gasteiger partial charge on any atom is -0.416 e. The average molecular weight is 401 g/mol. The first kappa shape index (κ1) is 20.6. The summed E-state index contributed by atoms with van der Waals surface area (Å²) in [6.07, 6.45) is 15.2. The van der Waals surface area contributed by atoms with Gasteiger partial charge in [0.2, 0.25) is 0 Å². The van der Waals surface area contributed by atoms with Crippen molar-refractivity contribution in [3.05, 3.63) is 23.8 Å². The fraction of sp³-hybridized carbons (Fsp3) is 0.800. The molecule has 0 aromatic heterocycles. The van der Waals surface area contributed by atoms with Gasteiger partial charge < -0.3 is 4.43 Å². The molecule has 28 heavy (non-hydrogen) atoms. The second kappa shape index (κ2) is 6.67. The molecule has 4 aliphatic rings. The lowest BCUT2D eigenvalue weighted by Crippen LogP contribution is -2.51. The Balaban J connectivity index is 1.59. The highest BCUT2D eigenvalue weighted by Crippen LogP contribution is 2.64. The number of ketones is 1. The first-order valence-corrected chi connectivity index (χ1v) is 14.5. The largest absolute Gasteiger partial charge is 0.416 e. The lowest BCUT2D eigenvalue weighted by Gasteiger charge is -2.56. The third-order valence-electron chi connectivity index (χ3n) is 9.57. The Kier molecular flexibility index (Phi) is 4.90. The minimum atomic E-state index is -1.71.